The van der Waals surface area contributed by atoms with Crippen molar-refractivity contribution in [1.29, 1.82) is 0 Å². The van der Waals surface area contributed by atoms with Crippen molar-refractivity contribution in [3.8, 4) is 0 Å². The highest BCUT2D eigenvalue weighted by molar-refractivity contribution is 5.24. The van der Waals surface area contributed by atoms with Gasteiger partial charge in [-0.05, 0) is 25.0 Å². The molecule has 1 rings (SSSR count). The number of nitrogens with one attached hydrogen (secondary N) is 1. The van der Waals surface area contributed by atoms with Crippen molar-refractivity contribution in [2.45, 2.75) is 13.3 Å². The second kappa shape index (κ2) is 3.57. The lowest BCUT2D eigenvalue weighted by atomic mass is 9.98. The number of rotatable bonds is 2. The first-order valence-corrected chi connectivity index (χ1v) is 3.84. The molecule has 0 fully saturated rings. The fraction of sp³-hybridized carbons (Fsp3) is 0.556. The number of allylic oxidation sites excluding steroid dienone is 2. The minimum absolute atomic E-state index is 0. The van der Waals surface area contributed by atoms with Gasteiger partial charge in [-0.25, -0.2) is 0 Å². The molecular weight excluding hydrogens is 122 g/mol. The monoisotopic (exact) mass is 139 g/mol. The fourth-order valence-corrected chi connectivity index (χ4v) is 1.25. The summed E-state index contributed by atoms with van der Waals surface area (Å²) in [4.78, 5) is 0. The van der Waals surface area contributed by atoms with Gasteiger partial charge < -0.3 is 5.32 Å². The van der Waals surface area contributed by atoms with Crippen LogP contribution in [0, 0.1) is 5.92 Å². The van der Waals surface area contributed by atoms with E-state index in [9.17, 15) is 0 Å². The van der Waals surface area contributed by atoms with Crippen LogP contribution in [0.25, 0.3) is 0 Å². The zero-order chi connectivity index (χ0) is 7.40. The molecule has 0 heterocycles. The Labute approximate surface area is 64.3 Å². The van der Waals surface area contributed by atoms with Crippen molar-refractivity contribution in [3.63, 3.8) is 0 Å². The van der Waals surface area contributed by atoms with E-state index in [2.05, 4.69) is 30.5 Å². The van der Waals surface area contributed by atoms with Crippen LogP contribution < -0.4 is 5.32 Å². The minimum Gasteiger partial charge on any atom is -0.316 e. The smallest absolute Gasteiger partial charge is 0.0199 e. The first-order valence-electron chi connectivity index (χ1n) is 3.84. The Kier molecular flexibility index (Phi) is 2.69. The molecular formula is C9H17N. The molecule has 1 heteroatoms. The molecule has 0 saturated carbocycles. The SMILES string of the molecule is CNCC1=CC(C)CC=C1.[HH]. The van der Waals surface area contributed by atoms with E-state index in [1.54, 1.807) is 0 Å². The van der Waals surface area contributed by atoms with Crippen LogP contribution in [0.3, 0.4) is 0 Å². The molecule has 1 aliphatic carbocycles. The lowest BCUT2D eigenvalue weighted by Crippen LogP contribution is -2.11. The van der Waals surface area contributed by atoms with E-state index in [1.165, 1.54) is 12.0 Å². The maximum Gasteiger partial charge on any atom is 0.0199 e. The summed E-state index contributed by atoms with van der Waals surface area (Å²) in [6.07, 6.45) is 7.98. The highest BCUT2D eigenvalue weighted by Gasteiger charge is 2.01. The summed E-state index contributed by atoms with van der Waals surface area (Å²) >= 11 is 0. The molecule has 1 unspecified atom stereocenters. The van der Waals surface area contributed by atoms with Gasteiger partial charge in [0.1, 0.15) is 0 Å². The molecule has 1 nitrogen and oxygen atoms in total. The molecule has 0 radical (unpaired) electrons. The molecule has 0 saturated heterocycles. The van der Waals surface area contributed by atoms with E-state index in [-0.39, 0.29) is 1.43 Å². The molecule has 0 amide bonds. The Morgan fingerprint density at radius 3 is 3.20 bits per heavy atom. The van der Waals surface area contributed by atoms with Crippen LogP contribution in [0.5, 0.6) is 0 Å². The quantitative estimate of drug-likeness (QED) is 0.616. The number of hydrogen-bond acceptors (Lipinski definition) is 1. The van der Waals surface area contributed by atoms with Gasteiger partial charge in [0.15, 0.2) is 0 Å². The Morgan fingerprint density at radius 1 is 1.80 bits per heavy atom. The lowest BCUT2D eigenvalue weighted by Gasteiger charge is -2.11. The van der Waals surface area contributed by atoms with Crippen LogP contribution in [0.2, 0.25) is 0 Å². The third-order valence-corrected chi connectivity index (χ3v) is 1.72. The van der Waals surface area contributed by atoms with E-state index in [0.29, 0.717) is 0 Å². The van der Waals surface area contributed by atoms with Gasteiger partial charge in [0.25, 0.3) is 0 Å². The van der Waals surface area contributed by atoms with Gasteiger partial charge in [-0.15, -0.1) is 0 Å². The lowest BCUT2D eigenvalue weighted by molar-refractivity contribution is 0.719. The molecule has 0 aliphatic heterocycles. The zero-order valence-corrected chi connectivity index (χ0v) is 6.72. The van der Waals surface area contributed by atoms with Gasteiger partial charge in [0.05, 0.1) is 0 Å². The summed E-state index contributed by atoms with van der Waals surface area (Å²) in [6.45, 7) is 3.25. The average molecular weight is 139 g/mol. The molecule has 0 aromatic carbocycles. The molecule has 0 aromatic heterocycles. The molecule has 10 heavy (non-hydrogen) atoms. The summed E-state index contributed by atoms with van der Waals surface area (Å²) in [5.74, 6) is 0.730. The van der Waals surface area contributed by atoms with Crippen molar-refractivity contribution < 1.29 is 1.43 Å². The highest BCUT2D eigenvalue weighted by atomic mass is 14.8. The summed E-state index contributed by atoms with van der Waals surface area (Å²) in [7, 11) is 1.98. The number of hydrogen-bond donors (Lipinski definition) is 1. The van der Waals surface area contributed by atoms with Gasteiger partial charge in [0.2, 0.25) is 0 Å². The van der Waals surface area contributed by atoms with Crippen molar-refractivity contribution in [2.24, 2.45) is 5.92 Å². The third-order valence-electron chi connectivity index (χ3n) is 1.72. The summed E-state index contributed by atoms with van der Waals surface area (Å²) in [5.41, 5.74) is 1.42. The zero-order valence-electron chi connectivity index (χ0n) is 6.72. The van der Waals surface area contributed by atoms with E-state index in [4.69, 9.17) is 0 Å². The first-order chi connectivity index (χ1) is 4.83. The molecule has 0 aromatic rings. The van der Waals surface area contributed by atoms with Crippen molar-refractivity contribution in [3.05, 3.63) is 23.8 Å². The maximum absolute atomic E-state index is 3.14. The van der Waals surface area contributed by atoms with Crippen LogP contribution in [-0.4, -0.2) is 13.6 Å². The van der Waals surface area contributed by atoms with Gasteiger partial charge >= 0.3 is 0 Å². The van der Waals surface area contributed by atoms with E-state index in [0.717, 1.165) is 12.5 Å². The summed E-state index contributed by atoms with van der Waals surface area (Å²) < 4.78 is 0. The molecule has 1 N–H and O–H groups in total. The van der Waals surface area contributed by atoms with Crippen molar-refractivity contribution in [2.75, 3.05) is 13.6 Å². The highest BCUT2D eigenvalue weighted by Crippen LogP contribution is 2.14. The fourth-order valence-electron chi connectivity index (χ4n) is 1.25. The molecule has 58 valence electrons. The summed E-state index contributed by atoms with van der Waals surface area (Å²) in [5, 5.41) is 3.14. The van der Waals surface area contributed by atoms with Gasteiger partial charge in [-0.3, -0.25) is 0 Å². The largest absolute Gasteiger partial charge is 0.316 e. The van der Waals surface area contributed by atoms with E-state index in [1.807, 2.05) is 7.05 Å². The maximum atomic E-state index is 3.14. The molecule has 0 bridgehead atoms. The second-order valence-electron chi connectivity index (χ2n) is 2.89. The Bertz CT molecular complexity index is 161. The van der Waals surface area contributed by atoms with E-state index >= 15 is 0 Å². The topological polar surface area (TPSA) is 12.0 Å². The minimum atomic E-state index is 0. The summed E-state index contributed by atoms with van der Waals surface area (Å²) in [6, 6.07) is 0. The average Bonchev–Trinajstić information content (AvgIpc) is 1.88. The van der Waals surface area contributed by atoms with Crippen molar-refractivity contribution >= 4 is 0 Å². The Balaban J connectivity index is 0.000001000. The third kappa shape index (κ3) is 1.99. The van der Waals surface area contributed by atoms with Crippen molar-refractivity contribution in [1.82, 2.24) is 5.32 Å². The second-order valence-corrected chi connectivity index (χ2v) is 2.89. The van der Waals surface area contributed by atoms with Crippen LogP contribution in [0.4, 0.5) is 0 Å². The van der Waals surface area contributed by atoms with Gasteiger partial charge in [0, 0.05) is 7.97 Å². The van der Waals surface area contributed by atoms with Crippen LogP contribution in [0.15, 0.2) is 23.8 Å². The van der Waals surface area contributed by atoms with Crippen LogP contribution in [-0.2, 0) is 0 Å². The first kappa shape index (κ1) is 7.55. The Morgan fingerprint density at radius 2 is 2.60 bits per heavy atom. The predicted molar refractivity (Wildman–Crippen MR) is 47.0 cm³/mol. The predicted octanol–water partition coefficient (Wildman–Crippen LogP) is 1.97. The molecule has 0 spiro atoms. The van der Waals surface area contributed by atoms with Gasteiger partial charge in [-0.2, -0.15) is 0 Å². The standard InChI is InChI=1S/C9H15N.H2/c1-8-4-3-5-9(6-8)7-10-2;/h3,5-6,8,10H,4,7H2,1-2H3;1H. The normalized spacial score (nSPS) is 24.6. The van der Waals surface area contributed by atoms with Crippen LogP contribution >= 0.6 is 0 Å². The van der Waals surface area contributed by atoms with Gasteiger partial charge in [-0.1, -0.05) is 25.2 Å². The molecule has 1 aliphatic rings. The Hall–Kier alpha value is -0.560. The van der Waals surface area contributed by atoms with Crippen LogP contribution in [0.1, 0.15) is 14.8 Å². The van der Waals surface area contributed by atoms with E-state index < -0.39 is 0 Å². The molecule has 1 atom stereocenters. The number of likely N-dealkylation sites (N-methyl/N-ethyl adjacent to an activating group) is 1.